The Morgan fingerprint density at radius 2 is 0.545 bits per heavy atom. The highest BCUT2D eigenvalue weighted by atomic mass is 28.4. The van der Waals surface area contributed by atoms with Crippen LogP contribution in [0.4, 0.5) is 0 Å². The average Bonchev–Trinajstić information content (AvgIpc) is 2.69. The van der Waals surface area contributed by atoms with Gasteiger partial charge >= 0.3 is 0 Å². The average molecular weight is 528 g/mol. The van der Waals surface area contributed by atoms with Gasteiger partial charge in [0.1, 0.15) is 37.4 Å². The van der Waals surface area contributed by atoms with Gasteiger partial charge in [0.2, 0.25) is 0 Å². The summed E-state index contributed by atoms with van der Waals surface area (Å²) in [6.07, 6.45) is -7.97. The second-order valence-corrected chi connectivity index (χ2v) is 12.7. The van der Waals surface area contributed by atoms with E-state index in [1.807, 2.05) is 0 Å². The van der Waals surface area contributed by atoms with E-state index in [4.69, 9.17) is 4.12 Å². The van der Waals surface area contributed by atoms with E-state index in [1.165, 1.54) is 0 Å². The van der Waals surface area contributed by atoms with Crippen LogP contribution in [0, 0.1) is 60.7 Å². The summed E-state index contributed by atoms with van der Waals surface area (Å²) in [5.41, 5.74) is 0. The molecule has 0 N–H and O–H groups in total. The van der Waals surface area contributed by atoms with Crippen molar-refractivity contribution in [3.63, 3.8) is 0 Å². The van der Waals surface area contributed by atoms with E-state index in [9.17, 15) is 60.7 Å². The van der Waals surface area contributed by atoms with Crippen LogP contribution in [0.5, 0.6) is 0 Å². The van der Waals surface area contributed by atoms with Gasteiger partial charge in [-0.3, -0.25) is 0 Å². The van der Waals surface area contributed by atoms with Gasteiger partial charge in [-0.25, -0.2) is 0 Å². The zero-order valence-electron chi connectivity index (χ0n) is 15.7. The minimum Gasteiger partial charge on any atom is -0.448 e. The van der Waals surface area contributed by atoms with Crippen LogP contribution < -0.4 is 0 Å². The Balaban J connectivity index is 6.40. The molecule has 0 saturated carbocycles. The van der Waals surface area contributed by atoms with Crippen LogP contribution >= 0.6 is 0 Å². The minimum absolute atomic E-state index is 1.33. The molecule has 0 fully saturated rings. The zero-order chi connectivity index (χ0) is 25.7. The maximum atomic E-state index is 10.6. The third-order valence-electron chi connectivity index (χ3n) is 3.03. The molecule has 0 radical (unpaired) electrons. The van der Waals surface area contributed by atoms with Gasteiger partial charge in [-0.15, -0.1) is 60.7 Å². The summed E-state index contributed by atoms with van der Waals surface area (Å²) in [6.45, 7) is 0. The van der Waals surface area contributed by atoms with Crippen LogP contribution in [0.15, 0.2) is 0 Å². The monoisotopic (exact) mass is 528 g/mol. The van der Waals surface area contributed by atoms with Crippen molar-refractivity contribution in [3.8, 4) is 0 Å². The molecule has 27 heteroatoms. The molecule has 0 atom stereocenters. The van der Waals surface area contributed by atoms with Crippen LogP contribution in [0.3, 0.4) is 0 Å². The molecule has 0 saturated heterocycles. The number of nitrogens with zero attached hydrogens (tertiary/aromatic N) is 6. The lowest BCUT2D eigenvalue weighted by Gasteiger charge is -2.38. The lowest BCUT2D eigenvalue weighted by molar-refractivity contribution is -0.763. The van der Waals surface area contributed by atoms with Crippen molar-refractivity contribution in [2.75, 3.05) is 37.4 Å². The van der Waals surface area contributed by atoms with Gasteiger partial charge in [-0.2, -0.15) is 0 Å². The minimum atomic E-state index is -4.67. The highest BCUT2D eigenvalue weighted by molar-refractivity contribution is 6.87. The molecule has 0 heterocycles. The molecule has 0 bridgehead atoms. The second-order valence-electron chi connectivity index (χ2n) is 5.45. The summed E-state index contributed by atoms with van der Waals surface area (Å²) in [5, 5.41) is 54.9. The highest BCUT2D eigenvalue weighted by Gasteiger charge is 2.51. The second kappa shape index (κ2) is 13.1. The molecule has 0 amide bonds. The Bertz CT molecular complexity index is 597. The van der Waals surface area contributed by atoms with Crippen LogP contribution in [0.25, 0.3) is 0 Å². The molecular formula is C6H12N6O19Si2. The van der Waals surface area contributed by atoms with Crippen molar-refractivity contribution in [1.82, 2.24) is 0 Å². The van der Waals surface area contributed by atoms with E-state index < -0.39 is 84.5 Å². The smallest absolute Gasteiger partial charge is 0.294 e. The molecule has 0 aromatic carbocycles. The molecule has 25 nitrogen and oxygen atoms in total. The van der Waals surface area contributed by atoms with Gasteiger partial charge in [0.15, 0.2) is 0 Å². The quantitative estimate of drug-likeness (QED) is 0.0885. The van der Waals surface area contributed by atoms with E-state index >= 15 is 0 Å². The standard InChI is InChI=1S/C6H12N6O19Si2/c13-7(14)25-1-32(2-26-8(15)16,3-27-9(17)18)31-33(4-28-10(19)20,5-29-11(21)22)6-30-12(23)24/h1-6H2. The highest BCUT2D eigenvalue weighted by Crippen LogP contribution is 2.20. The fourth-order valence-corrected chi connectivity index (χ4v) is 9.54. The molecule has 0 aromatic rings. The Morgan fingerprint density at radius 3 is 0.667 bits per heavy atom. The van der Waals surface area contributed by atoms with Crippen molar-refractivity contribution < 1.29 is 63.7 Å². The molecule has 0 unspecified atom stereocenters. The first-order valence-corrected chi connectivity index (χ1v) is 12.6. The fraction of sp³-hybridized carbons (Fsp3) is 1.00. The molecular weight excluding hydrogens is 516 g/mol. The largest absolute Gasteiger partial charge is 0.448 e. The van der Waals surface area contributed by atoms with Crippen LogP contribution in [0.2, 0.25) is 0 Å². The summed E-state index contributed by atoms with van der Waals surface area (Å²) in [6, 6.07) is 0. The maximum Gasteiger partial charge on any atom is 0.294 e. The van der Waals surface area contributed by atoms with Crippen molar-refractivity contribution >= 4 is 16.6 Å². The molecule has 188 valence electrons. The van der Waals surface area contributed by atoms with Crippen molar-refractivity contribution in [1.29, 1.82) is 0 Å². The van der Waals surface area contributed by atoms with Crippen molar-refractivity contribution in [2.45, 2.75) is 0 Å². The SMILES string of the molecule is O=[N+]([O-])OC[Si](CO[N+](=O)[O-])(CO[N+](=O)[O-])O[Si](CO[N+](=O)[O-])(CO[N+](=O)[O-])CO[N+](=O)[O-]. The van der Waals surface area contributed by atoms with Gasteiger partial charge in [0.05, 0.1) is 0 Å². The Morgan fingerprint density at radius 1 is 0.394 bits per heavy atom. The first kappa shape index (κ1) is 28.6. The summed E-state index contributed by atoms with van der Waals surface area (Å²) >= 11 is 0. The van der Waals surface area contributed by atoms with Gasteiger partial charge in [0.25, 0.3) is 47.2 Å². The van der Waals surface area contributed by atoms with Gasteiger partial charge in [-0.05, 0) is 0 Å². The first-order chi connectivity index (χ1) is 15.2. The van der Waals surface area contributed by atoms with Crippen LogP contribution in [-0.4, -0.2) is 84.5 Å². The summed E-state index contributed by atoms with van der Waals surface area (Å²) in [4.78, 5) is 87.9. The van der Waals surface area contributed by atoms with E-state index in [2.05, 4.69) is 29.0 Å². The summed E-state index contributed by atoms with van der Waals surface area (Å²) in [7, 11) is -9.35. The number of hydrogen-bond acceptors (Lipinski definition) is 19. The predicted molar refractivity (Wildman–Crippen MR) is 90.3 cm³/mol. The third-order valence-corrected chi connectivity index (χ3v) is 10.4. The molecule has 0 rings (SSSR count). The van der Waals surface area contributed by atoms with Crippen LogP contribution in [0.1, 0.15) is 0 Å². The van der Waals surface area contributed by atoms with E-state index in [0.29, 0.717) is 0 Å². The Hall–Kier alpha value is -4.41. The van der Waals surface area contributed by atoms with E-state index in [-0.39, 0.29) is 0 Å². The molecule has 0 aromatic heterocycles. The topological polar surface area (TPSA) is 323 Å². The van der Waals surface area contributed by atoms with Gasteiger partial charge in [0, 0.05) is 0 Å². The third kappa shape index (κ3) is 12.8. The summed E-state index contributed by atoms with van der Waals surface area (Å²) in [5.74, 6) is 0. The summed E-state index contributed by atoms with van der Waals surface area (Å²) < 4.78 is 5.43. The Labute approximate surface area is 179 Å². The van der Waals surface area contributed by atoms with Crippen molar-refractivity contribution in [3.05, 3.63) is 60.7 Å². The fourth-order valence-electron chi connectivity index (χ4n) is 1.91. The molecule has 0 spiro atoms. The van der Waals surface area contributed by atoms with Crippen molar-refractivity contribution in [2.24, 2.45) is 0 Å². The zero-order valence-corrected chi connectivity index (χ0v) is 17.7. The van der Waals surface area contributed by atoms with Gasteiger partial charge in [-0.1, -0.05) is 0 Å². The lowest BCUT2D eigenvalue weighted by Crippen LogP contribution is -2.67. The molecule has 33 heavy (non-hydrogen) atoms. The molecule has 0 aliphatic heterocycles. The first-order valence-electron chi connectivity index (χ1n) is 7.55. The lowest BCUT2D eigenvalue weighted by atomic mass is 11.6. The maximum absolute atomic E-state index is 10.6. The predicted octanol–water partition coefficient (Wildman–Crippen LogP) is -2.62. The normalized spacial score (nSPS) is 10.9. The molecule has 0 aliphatic rings. The van der Waals surface area contributed by atoms with Gasteiger partial charge < -0.3 is 33.1 Å². The number of rotatable bonds is 20. The molecule has 0 aliphatic carbocycles. The van der Waals surface area contributed by atoms with Crippen LogP contribution in [-0.2, 0) is 33.1 Å². The van der Waals surface area contributed by atoms with E-state index in [1.54, 1.807) is 0 Å². The number of hydrogen-bond donors (Lipinski definition) is 0. The Kier molecular flexibility index (Phi) is 11.4. The van der Waals surface area contributed by atoms with E-state index in [0.717, 1.165) is 0 Å².